The van der Waals surface area contributed by atoms with Crippen molar-refractivity contribution in [3.8, 4) is 11.5 Å². The molecule has 0 fully saturated rings. The summed E-state index contributed by atoms with van der Waals surface area (Å²) in [6, 6.07) is 14.2. The molecule has 0 bridgehead atoms. The topological polar surface area (TPSA) is 42.0 Å². The highest BCUT2D eigenvalue weighted by Crippen LogP contribution is 2.32. The van der Waals surface area contributed by atoms with E-state index in [2.05, 4.69) is 36.2 Å². The van der Waals surface area contributed by atoms with E-state index in [0.717, 1.165) is 30.6 Å². The molecule has 5 nitrogen and oxygen atoms in total. The first kappa shape index (κ1) is 20.0. The predicted molar refractivity (Wildman–Crippen MR) is 111 cm³/mol. The van der Waals surface area contributed by atoms with Crippen LogP contribution in [-0.4, -0.2) is 50.1 Å². The van der Waals surface area contributed by atoms with Crippen molar-refractivity contribution in [1.29, 1.82) is 0 Å². The normalized spacial score (nSPS) is 13.4. The maximum atomic E-state index is 12.7. The number of hydrogen-bond donors (Lipinski definition) is 0. The highest BCUT2D eigenvalue weighted by molar-refractivity contribution is 5.84. The molecule has 2 aromatic carbocycles. The average molecular weight is 380 g/mol. The van der Waals surface area contributed by atoms with Gasteiger partial charge < -0.3 is 19.3 Å². The minimum absolute atomic E-state index is 0.105. The Morgan fingerprint density at radius 1 is 1.07 bits per heavy atom. The van der Waals surface area contributed by atoms with Gasteiger partial charge in [0.1, 0.15) is 0 Å². The van der Waals surface area contributed by atoms with Gasteiger partial charge in [-0.05, 0) is 54.9 Å². The summed E-state index contributed by atoms with van der Waals surface area (Å²) in [7, 11) is 5.34. The summed E-state index contributed by atoms with van der Waals surface area (Å²) in [5.74, 6) is 1.43. The van der Waals surface area contributed by atoms with Gasteiger partial charge in [0.05, 0.1) is 20.6 Å². The van der Waals surface area contributed by atoms with Crippen molar-refractivity contribution >= 4 is 12.0 Å². The highest BCUT2D eigenvalue weighted by Gasteiger charge is 2.19. The van der Waals surface area contributed by atoms with Gasteiger partial charge in [-0.25, -0.2) is 0 Å². The molecule has 0 saturated carbocycles. The van der Waals surface area contributed by atoms with E-state index < -0.39 is 0 Å². The van der Waals surface area contributed by atoms with E-state index in [-0.39, 0.29) is 5.91 Å². The Hall–Kier alpha value is -2.79. The van der Waals surface area contributed by atoms with Crippen molar-refractivity contribution in [3.63, 3.8) is 0 Å². The van der Waals surface area contributed by atoms with E-state index in [4.69, 9.17) is 9.47 Å². The standard InChI is InChI=1S/C23H28N2O3/c1-24(17-18-8-5-4-6-9-18)11-7-12-25-13-10-19-14-21(27-2)22(28-3)15-20(19)16-23(25)26/h4-6,8-10,13-15H,7,11-12,16-17H2,1-3H3. The summed E-state index contributed by atoms with van der Waals surface area (Å²) in [6.07, 6.45) is 5.15. The lowest BCUT2D eigenvalue weighted by molar-refractivity contribution is -0.127. The van der Waals surface area contributed by atoms with Gasteiger partial charge in [0.2, 0.25) is 5.91 Å². The molecule has 5 heteroatoms. The number of amides is 1. The fourth-order valence-electron chi connectivity index (χ4n) is 3.45. The van der Waals surface area contributed by atoms with Crippen LogP contribution in [0.1, 0.15) is 23.1 Å². The third kappa shape index (κ3) is 4.93. The van der Waals surface area contributed by atoms with Crippen molar-refractivity contribution in [2.75, 3.05) is 34.4 Å². The fourth-order valence-corrected chi connectivity index (χ4v) is 3.45. The maximum absolute atomic E-state index is 12.7. The molecule has 0 radical (unpaired) electrons. The van der Waals surface area contributed by atoms with Crippen molar-refractivity contribution in [1.82, 2.24) is 9.80 Å². The van der Waals surface area contributed by atoms with Crippen molar-refractivity contribution in [2.24, 2.45) is 0 Å². The van der Waals surface area contributed by atoms with Crippen LogP contribution in [0.5, 0.6) is 11.5 Å². The van der Waals surface area contributed by atoms with Gasteiger partial charge in [0.15, 0.2) is 11.5 Å². The molecule has 0 unspecified atom stereocenters. The van der Waals surface area contributed by atoms with Crippen LogP contribution in [0.4, 0.5) is 0 Å². The second-order valence-corrected chi connectivity index (χ2v) is 7.06. The van der Waals surface area contributed by atoms with Crippen LogP contribution in [0, 0.1) is 0 Å². The first-order chi connectivity index (χ1) is 13.6. The summed E-state index contributed by atoms with van der Waals surface area (Å²) < 4.78 is 10.7. The van der Waals surface area contributed by atoms with E-state index in [1.807, 2.05) is 35.4 Å². The first-order valence-electron chi connectivity index (χ1n) is 9.55. The summed E-state index contributed by atoms with van der Waals surface area (Å²) in [5.41, 5.74) is 3.26. The molecule has 1 aliphatic rings. The van der Waals surface area contributed by atoms with Crippen molar-refractivity contribution in [3.05, 3.63) is 65.4 Å². The van der Waals surface area contributed by atoms with Gasteiger partial charge in [0.25, 0.3) is 0 Å². The quantitative estimate of drug-likeness (QED) is 0.702. The Kier molecular flexibility index (Phi) is 6.71. The van der Waals surface area contributed by atoms with Gasteiger partial charge in [-0.15, -0.1) is 0 Å². The zero-order valence-electron chi connectivity index (χ0n) is 16.9. The largest absolute Gasteiger partial charge is 0.493 e. The minimum atomic E-state index is 0.105. The molecule has 0 saturated heterocycles. The zero-order valence-corrected chi connectivity index (χ0v) is 16.9. The van der Waals surface area contributed by atoms with Gasteiger partial charge in [-0.3, -0.25) is 4.79 Å². The molecule has 1 amide bonds. The van der Waals surface area contributed by atoms with Crippen LogP contribution in [0.25, 0.3) is 6.08 Å². The molecule has 1 heterocycles. The van der Waals surface area contributed by atoms with E-state index in [0.29, 0.717) is 24.5 Å². The molecule has 0 aromatic heterocycles. The Labute approximate surface area is 167 Å². The zero-order chi connectivity index (χ0) is 19.9. The Morgan fingerprint density at radius 2 is 1.79 bits per heavy atom. The van der Waals surface area contributed by atoms with E-state index >= 15 is 0 Å². The van der Waals surface area contributed by atoms with Gasteiger partial charge >= 0.3 is 0 Å². The second-order valence-electron chi connectivity index (χ2n) is 7.06. The number of ether oxygens (including phenoxy) is 2. The summed E-state index contributed by atoms with van der Waals surface area (Å²) in [4.78, 5) is 16.8. The average Bonchev–Trinajstić information content (AvgIpc) is 2.85. The van der Waals surface area contributed by atoms with Gasteiger partial charge in [0, 0.05) is 19.3 Å². The molecule has 0 atom stereocenters. The Bertz CT molecular complexity index is 833. The number of methoxy groups -OCH3 is 2. The molecule has 1 aliphatic heterocycles. The van der Waals surface area contributed by atoms with Gasteiger partial charge in [-0.1, -0.05) is 30.3 Å². The third-order valence-corrected chi connectivity index (χ3v) is 4.98. The highest BCUT2D eigenvalue weighted by atomic mass is 16.5. The number of hydrogen-bond acceptors (Lipinski definition) is 4. The van der Waals surface area contributed by atoms with E-state index in [1.165, 1.54) is 5.56 Å². The monoisotopic (exact) mass is 380 g/mol. The molecular weight excluding hydrogens is 352 g/mol. The van der Waals surface area contributed by atoms with Gasteiger partial charge in [-0.2, -0.15) is 0 Å². The molecule has 2 aromatic rings. The first-order valence-corrected chi connectivity index (χ1v) is 9.55. The molecule has 3 rings (SSSR count). The number of carbonyl (C=O) groups excluding carboxylic acids is 1. The van der Waals surface area contributed by atoms with E-state index in [9.17, 15) is 4.79 Å². The van der Waals surface area contributed by atoms with Crippen LogP contribution in [0.15, 0.2) is 48.7 Å². The minimum Gasteiger partial charge on any atom is -0.493 e. The third-order valence-electron chi connectivity index (χ3n) is 4.98. The smallest absolute Gasteiger partial charge is 0.230 e. The summed E-state index contributed by atoms with van der Waals surface area (Å²) in [6.45, 7) is 2.55. The molecule has 28 heavy (non-hydrogen) atoms. The number of rotatable bonds is 8. The van der Waals surface area contributed by atoms with Crippen LogP contribution >= 0.6 is 0 Å². The molecule has 0 spiro atoms. The lowest BCUT2D eigenvalue weighted by Crippen LogP contribution is -2.30. The number of nitrogens with zero attached hydrogens (tertiary/aromatic N) is 2. The number of carbonyl (C=O) groups is 1. The molecule has 148 valence electrons. The van der Waals surface area contributed by atoms with Crippen LogP contribution in [0.3, 0.4) is 0 Å². The molecule has 0 N–H and O–H groups in total. The van der Waals surface area contributed by atoms with Crippen LogP contribution in [-0.2, 0) is 17.8 Å². The fraction of sp³-hybridized carbons (Fsp3) is 0.348. The maximum Gasteiger partial charge on any atom is 0.230 e. The van der Waals surface area contributed by atoms with Crippen molar-refractivity contribution in [2.45, 2.75) is 19.4 Å². The molecular formula is C23H28N2O3. The van der Waals surface area contributed by atoms with Crippen molar-refractivity contribution < 1.29 is 14.3 Å². The van der Waals surface area contributed by atoms with E-state index in [1.54, 1.807) is 14.2 Å². The lowest BCUT2D eigenvalue weighted by atomic mass is 10.0. The lowest BCUT2D eigenvalue weighted by Gasteiger charge is -2.20. The SMILES string of the molecule is COc1cc2c(cc1OC)CC(=O)N(CCCN(C)Cc1ccccc1)C=C2. The molecule has 0 aliphatic carbocycles. The van der Waals surface area contributed by atoms with Crippen LogP contribution < -0.4 is 9.47 Å². The Balaban J connectivity index is 1.58. The number of benzene rings is 2. The summed E-state index contributed by atoms with van der Waals surface area (Å²) in [5, 5.41) is 0. The Morgan fingerprint density at radius 3 is 2.50 bits per heavy atom. The number of fused-ring (bicyclic) bond motifs is 1. The second kappa shape index (κ2) is 9.42. The predicted octanol–water partition coefficient (Wildman–Crippen LogP) is 3.58. The summed E-state index contributed by atoms with van der Waals surface area (Å²) >= 11 is 0. The van der Waals surface area contributed by atoms with Crippen LogP contribution in [0.2, 0.25) is 0 Å².